The van der Waals surface area contributed by atoms with Crippen molar-refractivity contribution in [3.05, 3.63) is 24.2 Å². The number of hydrogen-bond donors (Lipinski definition) is 1. The lowest BCUT2D eigenvalue weighted by atomic mass is 9.96. The van der Waals surface area contributed by atoms with Crippen molar-refractivity contribution in [2.75, 3.05) is 0 Å². The number of nitrogens with one attached hydrogen (secondary N) is 1. The summed E-state index contributed by atoms with van der Waals surface area (Å²) in [6.07, 6.45) is 2.23. The van der Waals surface area contributed by atoms with E-state index in [4.69, 9.17) is 4.42 Å². The van der Waals surface area contributed by atoms with Gasteiger partial charge in [-0.15, -0.1) is 0 Å². The van der Waals surface area contributed by atoms with Crippen molar-refractivity contribution >= 4 is 11.8 Å². The molecule has 0 aromatic carbocycles. The Morgan fingerprint density at radius 3 is 2.60 bits per heavy atom. The third-order valence-corrected chi connectivity index (χ3v) is 3.83. The van der Waals surface area contributed by atoms with Crippen LogP contribution in [0.15, 0.2) is 22.8 Å². The fourth-order valence-electron chi connectivity index (χ4n) is 2.68. The highest BCUT2D eigenvalue weighted by molar-refractivity contribution is 5.97. The molecule has 2 rings (SSSR count). The third kappa shape index (κ3) is 2.71. The third-order valence-electron chi connectivity index (χ3n) is 3.83. The standard InChI is InChI=1S/C15H22N2O3/c1-9(2)13-15(19)17(11(4)14(18)16-13)10(3)8-12-6-5-7-20-12/h5-7,9-11,13H,8H2,1-4H3,(H,16,18). The van der Waals surface area contributed by atoms with Crippen molar-refractivity contribution < 1.29 is 14.0 Å². The van der Waals surface area contributed by atoms with E-state index in [1.54, 1.807) is 18.1 Å². The summed E-state index contributed by atoms with van der Waals surface area (Å²) in [7, 11) is 0. The van der Waals surface area contributed by atoms with Crippen LogP contribution in [0, 0.1) is 5.92 Å². The highest BCUT2D eigenvalue weighted by Crippen LogP contribution is 2.20. The van der Waals surface area contributed by atoms with Crippen molar-refractivity contribution in [1.82, 2.24) is 10.2 Å². The highest BCUT2D eigenvalue weighted by atomic mass is 16.3. The molecule has 2 amide bonds. The minimum absolute atomic E-state index is 0.00819. The zero-order chi connectivity index (χ0) is 14.9. The van der Waals surface area contributed by atoms with Crippen molar-refractivity contribution in [3.63, 3.8) is 0 Å². The fraction of sp³-hybridized carbons (Fsp3) is 0.600. The Hall–Kier alpha value is -1.78. The molecule has 1 aromatic heterocycles. The molecule has 5 heteroatoms. The van der Waals surface area contributed by atoms with Crippen LogP contribution in [-0.4, -0.2) is 34.8 Å². The zero-order valence-corrected chi connectivity index (χ0v) is 12.4. The number of nitrogens with zero attached hydrogens (tertiary/aromatic N) is 1. The van der Waals surface area contributed by atoms with Gasteiger partial charge in [-0.25, -0.2) is 0 Å². The molecule has 110 valence electrons. The Balaban J connectivity index is 2.17. The maximum absolute atomic E-state index is 12.6. The van der Waals surface area contributed by atoms with Gasteiger partial charge < -0.3 is 14.6 Å². The quantitative estimate of drug-likeness (QED) is 0.909. The Morgan fingerprint density at radius 1 is 1.35 bits per heavy atom. The van der Waals surface area contributed by atoms with E-state index >= 15 is 0 Å². The van der Waals surface area contributed by atoms with Crippen LogP contribution in [0.2, 0.25) is 0 Å². The molecule has 1 saturated heterocycles. The minimum atomic E-state index is -0.442. The predicted octanol–water partition coefficient (Wildman–Crippen LogP) is 1.58. The van der Waals surface area contributed by atoms with Crippen molar-refractivity contribution in [2.45, 2.75) is 52.2 Å². The van der Waals surface area contributed by atoms with Crippen LogP contribution in [0.5, 0.6) is 0 Å². The average Bonchev–Trinajstić information content (AvgIpc) is 2.86. The van der Waals surface area contributed by atoms with Crippen LogP contribution >= 0.6 is 0 Å². The van der Waals surface area contributed by atoms with E-state index in [0.29, 0.717) is 6.42 Å². The lowest BCUT2D eigenvalue weighted by Gasteiger charge is -2.42. The van der Waals surface area contributed by atoms with E-state index in [1.165, 1.54) is 0 Å². The molecule has 0 bridgehead atoms. The van der Waals surface area contributed by atoms with Crippen LogP contribution in [0.4, 0.5) is 0 Å². The molecule has 0 aliphatic carbocycles. The predicted molar refractivity (Wildman–Crippen MR) is 75.0 cm³/mol. The summed E-state index contributed by atoms with van der Waals surface area (Å²) in [6, 6.07) is 2.76. The maximum atomic E-state index is 12.6. The van der Waals surface area contributed by atoms with Gasteiger partial charge in [0.1, 0.15) is 17.8 Å². The van der Waals surface area contributed by atoms with Crippen LogP contribution in [0.3, 0.4) is 0 Å². The Labute approximate surface area is 119 Å². The number of furan rings is 1. The Morgan fingerprint density at radius 2 is 2.05 bits per heavy atom. The molecule has 0 saturated carbocycles. The van der Waals surface area contributed by atoms with E-state index < -0.39 is 12.1 Å². The average molecular weight is 278 g/mol. The van der Waals surface area contributed by atoms with Crippen molar-refractivity contribution in [2.24, 2.45) is 5.92 Å². The Bertz CT molecular complexity index is 481. The molecule has 1 N–H and O–H groups in total. The molecule has 2 heterocycles. The molecular weight excluding hydrogens is 256 g/mol. The maximum Gasteiger partial charge on any atom is 0.246 e. The van der Waals surface area contributed by atoms with Gasteiger partial charge in [0.2, 0.25) is 11.8 Å². The summed E-state index contributed by atoms with van der Waals surface area (Å²) in [4.78, 5) is 26.3. The minimum Gasteiger partial charge on any atom is -0.469 e. The first-order valence-electron chi connectivity index (χ1n) is 7.06. The monoisotopic (exact) mass is 278 g/mol. The van der Waals surface area contributed by atoms with Gasteiger partial charge in [-0.2, -0.15) is 0 Å². The van der Waals surface area contributed by atoms with E-state index in [0.717, 1.165) is 5.76 Å². The van der Waals surface area contributed by atoms with E-state index in [-0.39, 0.29) is 23.8 Å². The molecule has 0 spiro atoms. The summed E-state index contributed by atoms with van der Waals surface area (Å²) in [6.45, 7) is 7.59. The summed E-state index contributed by atoms with van der Waals surface area (Å²) in [5.74, 6) is 0.808. The smallest absolute Gasteiger partial charge is 0.246 e. The van der Waals surface area contributed by atoms with Gasteiger partial charge in [0.05, 0.1) is 6.26 Å². The normalized spacial score (nSPS) is 24.9. The fourth-order valence-corrected chi connectivity index (χ4v) is 2.68. The number of amides is 2. The van der Waals surface area contributed by atoms with Gasteiger partial charge in [-0.05, 0) is 31.9 Å². The first-order chi connectivity index (χ1) is 9.41. The second-order valence-corrected chi connectivity index (χ2v) is 5.78. The van der Waals surface area contributed by atoms with Crippen LogP contribution in [-0.2, 0) is 16.0 Å². The highest BCUT2D eigenvalue weighted by Gasteiger charge is 2.41. The number of carbonyl (C=O) groups is 2. The summed E-state index contributed by atoms with van der Waals surface area (Å²) < 4.78 is 5.33. The first-order valence-corrected chi connectivity index (χ1v) is 7.06. The molecule has 1 fully saturated rings. The number of hydrogen-bond acceptors (Lipinski definition) is 3. The topological polar surface area (TPSA) is 62.6 Å². The van der Waals surface area contributed by atoms with Crippen molar-refractivity contribution in [1.29, 1.82) is 0 Å². The summed E-state index contributed by atoms with van der Waals surface area (Å²) in [5, 5.41) is 2.81. The summed E-state index contributed by atoms with van der Waals surface area (Å²) >= 11 is 0. The number of piperazine rings is 1. The second kappa shape index (κ2) is 5.69. The summed E-state index contributed by atoms with van der Waals surface area (Å²) in [5.41, 5.74) is 0. The van der Waals surface area contributed by atoms with Gasteiger partial charge in [0.25, 0.3) is 0 Å². The second-order valence-electron chi connectivity index (χ2n) is 5.78. The molecule has 1 aliphatic rings. The van der Waals surface area contributed by atoms with Crippen LogP contribution in [0.25, 0.3) is 0 Å². The molecule has 20 heavy (non-hydrogen) atoms. The van der Waals surface area contributed by atoms with Crippen molar-refractivity contribution in [3.8, 4) is 0 Å². The number of rotatable bonds is 4. The van der Waals surface area contributed by atoms with E-state index in [1.807, 2.05) is 32.9 Å². The Kier molecular flexibility index (Phi) is 4.16. The molecule has 1 aromatic rings. The molecule has 5 nitrogen and oxygen atoms in total. The van der Waals surface area contributed by atoms with E-state index in [2.05, 4.69) is 5.32 Å². The first kappa shape index (κ1) is 14.6. The van der Waals surface area contributed by atoms with Gasteiger partial charge in [0.15, 0.2) is 0 Å². The molecule has 3 unspecified atom stereocenters. The molecule has 1 aliphatic heterocycles. The molecule has 0 radical (unpaired) electrons. The van der Waals surface area contributed by atoms with Gasteiger partial charge in [-0.3, -0.25) is 9.59 Å². The largest absolute Gasteiger partial charge is 0.469 e. The zero-order valence-electron chi connectivity index (χ0n) is 12.4. The van der Waals surface area contributed by atoms with Gasteiger partial charge in [-0.1, -0.05) is 13.8 Å². The lowest BCUT2D eigenvalue weighted by molar-refractivity contribution is -0.152. The van der Waals surface area contributed by atoms with E-state index in [9.17, 15) is 9.59 Å². The number of carbonyl (C=O) groups excluding carboxylic acids is 2. The molecular formula is C15H22N2O3. The SMILES string of the molecule is CC(C)C1NC(=O)C(C)N(C(C)Cc2ccco2)C1=O. The van der Waals surface area contributed by atoms with Crippen LogP contribution in [0.1, 0.15) is 33.5 Å². The van der Waals surface area contributed by atoms with Gasteiger partial charge >= 0.3 is 0 Å². The molecule has 3 atom stereocenters. The van der Waals surface area contributed by atoms with Gasteiger partial charge in [0, 0.05) is 12.5 Å². The lowest BCUT2D eigenvalue weighted by Crippen LogP contribution is -2.66. The van der Waals surface area contributed by atoms with Crippen LogP contribution < -0.4 is 5.32 Å².